The Morgan fingerprint density at radius 3 is 2.37 bits per heavy atom. The van der Waals surface area contributed by atoms with Crippen molar-refractivity contribution in [1.29, 1.82) is 0 Å². The van der Waals surface area contributed by atoms with Gasteiger partial charge in [-0.25, -0.2) is 9.07 Å². The monoisotopic (exact) mass is 707 g/mol. The molecule has 14 nitrogen and oxygen atoms in total. The number of nitrogens with one attached hydrogen (secondary N) is 1. The molecular weight excluding hydrogens is 686 g/mol. The van der Waals surface area contributed by atoms with Crippen LogP contribution in [0.3, 0.4) is 0 Å². The van der Waals surface area contributed by atoms with Crippen LogP contribution in [-0.2, 0) is 18.4 Å². The molecule has 1 fully saturated rings. The molecule has 3 aromatic rings. The second-order valence-corrected chi connectivity index (χ2v) is 16.2. The van der Waals surface area contributed by atoms with Gasteiger partial charge in [0.2, 0.25) is 5.28 Å². The number of nitrogens with zero attached hydrogens (tertiary/aromatic N) is 4. The average molecular weight is 708 g/mol. The third-order valence-electron chi connectivity index (χ3n) is 6.05. The van der Waals surface area contributed by atoms with Gasteiger partial charge < -0.3 is 39.5 Å². The summed E-state index contributed by atoms with van der Waals surface area (Å²) in [4.78, 5) is 32.9. The Hall–Kier alpha value is -2.03. The number of anilines is 1. The molecule has 0 radical (unpaired) electrons. The maximum absolute atomic E-state index is 14.5. The van der Waals surface area contributed by atoms with Crippen LogP contribution in [0, 0.1) is 5.82 Å². The lowest BCUT2D eigenvalue weighted by molar-refractivity contribution is -0.0541. The first kappa shape index (κ1) is 33.9. The van der Waals surface area contributed by atoms with Crippen LogP contribution in [0.15, 0.2) is 29.3 Å². The largest absolute Gasteiger partial charge is 0.387 e. The quantitative estimate of drug-likeness (QED) is 0.0982. The summed E-state index contributed by atoms with van der Waals surface area (Å²) in [5, 5.41) is 27.2. The Morgan fingerprint density at radius 2 is 1.79 bits per heavy atom. The van der Waals surface area contributed by atoms with Crippen LogP contribution in [0.5, 0.6) is 0 Å². The van der Waals surface area contributed by atoms with Crippen molar-refractivity contribution in [3.8, 4) is 0 Å². The van der Waals surface area contributed by atoms with Gasteiger partial charge in [0, 0.05) is 5.56 Å². The highest BCUT2D eigenvalue weighted by atomic mass is 35.5. The first-order chi connectivity index (χ1) is 19.3. The predicted octanol–water partition coefficient (Wildman–Crippen LogP) is 4.41. The lowest BCUT2D eigenvalue weighted by atomic mass is 10.1. The highest BCUT2D eigenvalue weighted by Gasteiger charge is 2.65. The van der Waals surface area contributed by atoms with Crippen molar-refractivity contribution in [1.82, 2.24) is 19.7 Å². The van der Waals surface area contributed by atoms with Gasteiger partial charge in [0.15, 0.2) is 17.8 Å². The Kier molecular flexibility index (Phi) is 8.28. The van der Waals surface area contributed by atoms with Crippen molar-refractivity contribution in [2.45, 2.75) is 42.4 Å². The van der Waals surface area contributed by atoms with Crippen molar-refractivity contribution >= 4 is 53.9 Å². The fourth-order valence-corrected chi connectivity index (χ4v) is 7.49. The molecule has 0 bridgehead atoms. The molecule has 6 N–H and O–H groups in total. The van der Waals surface area contributed by atoms with E-state index in [0.717, 1.165) is 10.9 Å². The molecular formula is C19H22ClF6N5O9P2S. The van der Waals surface area contributed by atoms with Crippen LogP contribution >= 0.6 is 37.0 Å². The number of ether oxygens (including phenoxy) is 1. The zero-order valence-corrected chi connectivity index (χ0v) is 24.6. The third kappa shape index (κ3) is 7.80. The number of rotatable bonds is 10. The van der Waals surface area contributed by atoms with Crippen molar-refractivity contribution in [2.24, 2.45) is 0 Å². The third-order valence-corrected chi connectivity index (χ3v) is 10.8. The van der Waals surface area contributed by atoms with E-state index in [2.05, 4.69) is 24.9 Å². The molecule has 43 heavy (non-hydrogen) atoms. The van der Waals surface area contributed by atoms with Gasteiger partial charge in [-0.1, -0.05) is 25.5 Å². The Labute approximate surface area is 242 Å². The molecule has 0 spiro atoms. The molecule has 1 unspecified atom stereocenters. The summed E-state index contributed by atoms with van der Waals surface area (Å²) >= 11 is 5.99. The Balaban J connectivity index is 1.57. The van der Waals surface area contributed by atoms with Crippen molar-refractivity contribution < 1.29 is 67.1 Å². The minimum absolute atomic E-state index is 0.0341. The van der Waals surface area contributed by atoms with Crippen LogP contribution < -0.4 is 5.32 Å². The van der Waals surface area contributed by atoms with Crippen LogP contribution in [0.2, 0.25) is 5.28 Å². The van der Waals surface area contributed by atoms with Gasteiger partial charge in [-0.2, -0.15) is 15.1 Å². The first-order valence-corrected chi connectivity index (χ1v) is 17.5. The molecule has 6 atom stereocenters. The van der Waals surface area contributed by atoms with Gasteiger partial charge in [0.1, 0.15) is 34.8 Å². The summed E-state index contributed by atoms with van der Waals surface area (Å²) in [6.45, 7) is 0.398. The number of hydrogen-bond acceptors (Lipinski definition) is 10. The summed E-state index contributed by atoms with van der Waals surface area (Å²) in [6.07, 6.45) is -5.44. The van der Waals surface area contributed by atoms with Crippen molar-refractivity contribution in [3.63, 3.8) is 0 Å². The highest BCUT2D eigenvalue weighted by molar-refractivity contribution is 8.45. The van der Waals surface area contributed by atoms with E-state index in [1.54, 1.807) is 0 Å². The molecule has 1 aliphatic rings. The van der Waals surface area contributed by atoms with Crippen LogP contribution in [0.25, 0.3) is 11.0 Å². The Bertz CT molecular complexity index is 1670. The van der Waals surface area contributed by atoms with Crippen molar-refractivity contribution in [2.75, 3.05) is 17.8 Å². The van der Waals surface area contributed by atoms with Gasteiger partial charge >= 0.3 is 25.4 Å². The molecule has 4 rings (SSSR count). The summed E-state index contributed by atoms with van der Waals surface area (Å²) in [5.74, 6) is -3.25. The standard InChI is InChI=1S/C19H22ClF6N5O9P2S/c1-8(10-3-2-9(4-12(10)21)43(22,23,24,25)26)28-16-11-5-27-31(17(11)30-19(20)29-16)18-15(33)14(32)13(40-18)6-39-42(37,38)7-41(34,35)36/h2-5,8,13-15,18,32-33H,6-7H2,1H3,(H,37,38)(H,28,29,30)(H2,34,35,36)/t8-,13+,14+,15+,18+/m0/s1. The molecule has 3 heterocycles. The number of fused-ring (bicyclic) bond motifs is 1. The lowest BCUT2D eigenvalue weighted by Crippen LogP contribution is -2.33. The SMILES string of the molecule is C[C@H](Nc1nc(Cl)nc2c1cnn2[C@@H]1O[C@H](COP(=O)(O)CP(=O)(O)O)[C@@H](O)[C@H]1O)c1ccc(S(F)(F)(F)(F)F)cc1F. The summed E-state index contributed by atoms with van der Waals surface area (Å²) in [5.41, 5.74) is -0.597. The van der Waals surface area contributed by atoms with Crippen LogP contribution in [-0.4, -0.2) is 75.5 Å². The molecule has 0 amide bonds. The lowest BCUT2D eigenvalue weighted by Gasteiger charge is -2.40. The number of aliphatic hydroxyl groups is 2. The summed E-state index contributed by atoms with van der Waals surface area (Å²) in [6, 6.07) is -0.919. The van der Waals surface area contributed by atoms with Gasteiger partial charge in [0.05, 0.1) is 24.2 Å². The molecule has 242 valence electrons. The number of aliphatic hydroxyl groups excluding tert-OH is 2. The van der Waals surface area contributed by atoms with E-state index < -0.39 is 90.1 Å². The summed E-state index contributed by atoms with van der Waals surface area (Å²) in [7, 11) is -19.9. The maximum Gasteiger partial charge on any atom is 0.340 e. The molecule has 2 aromatic heterocycles. The predicted molar refractivity (Wildman–Crippen MR) is 139 cm³/mol. The molecule has 0 aliphatic carbocycles. The average Bonchev–Trinajstić information content (AvgIpc) is 3.35. The van der Waals surface area contributed by atoms with Crippen LogP contribution in [0.1, 0.15) is 24.8 Å². The number of aromatic nitrogens is 4. The van der Waals surface area contributed by atoms with E-state index in [-0.39, 0.29) is 29.0 Å². The molecule has 0 saturated carbocycles. The number of hydrogen-bond donors (Lipinski definition) is 6. The van der Waals surface area contributed by atoms with Gasteiger partial charge in [0.25, 0.3) is 0 Å². The molecule has 24 heteroatoms. The second kappa shape index (κ2) is 10.5. The first-order valence-electron chi connectivity index (χ1n) is 11.6. The van der Waals surface area contributed by atoms with Crippen molar-refractivity contribution in [3.05, 3.63) is 41.1 Å². The normalized spacial score (nSPS) is 25.2. The van der Waals surface area contributed by atoms with Gasteiger partial charge in [-0.05, 0) is 30.7 Å². The number of benzene rings is 1. The molecule has 1 aromatic carbocycles. The van der Waals surface area contributed by atoms with E-state index in [4.69, 9.17) is 26.1 Å². The van der Waals surface area contributed by atoms with Gasteiger partial charge in [-0.3, -0.25) is 9.13 Å². The van der Waals surface area contributed by atoms with Gasteiger partial charge in [-0.15, -0.1) is 0 Å². The zero-order valence-electron chi connectivity index (χ0n) is 21.2. The fraction of sp³-hybridized carbons (Fsp3) is 0.421. The zero-order chi connectivity index (χ0) is 32.4. The summed E-state index contributed by atoms with van der Waals surface area (Å²) < 4.78 is 114. The van der Waals surface area contributed by atoms with E-state index in [1.807, 2.05) is 0 Å². The van der Waals surface area contributed by atoms with E-state index in [0.29, 0.717) is 6.07 Å². The fourth-order valence-electron chi connectivity index (χ4n) is 4.11. The van der Waals surface area contributed by atoms with E-state index in [1.165, 1.54) is 6.92 Å². The minimum Gasteiger partial charge on any atom is -0.387 e. The smallest absolute Gasteiger partial charge is 0.340 e. The maximum atomic E-state index is 14.5. The molecule has 1 saturated heterocycles. The highest BCUT2D eigenvalue weighted by Crippen LogP contribution is 3.02. The minimum atomic E-state index is -10.1. The van der Waals surface area contributed by atoms with E-state index >= 15 is 0 Å². The topological polar surface area (TPSA) is 209 Å². The Morgan fingerprint density at radius 1 is 1.14 bits per heavy atom. The van der Waals surface area contributed by atoms with Crippen LogP contribution in [0.4, 0.5) is 29.6 Å². The number of halogens is 7. The molecule has 1 aliphatic heterocycles. The van der Waals surface area contributed by atoms with E-state index in [9.17, 15) is 48.1 Å². The second-order valence-electron chi connectivity index (χ2n) is 9.47.